The Kier molecular flexibility index (Phi) is 37.3. The highest BCUT2D eigenvalue weighted by atomic mass is 14.7. The van der Waals surface area contributed by atoms with E-state index < -0.39 is 0 Å². The molecule has 0 amide bonds. The molecular weight excluding hydrogens is 639 g/mol. The number of hydrogen-bond acceptors (Lipinski definition) is 1. The number of benzene rings is 1. The van der Waals surface area contributed by atoms with E-state index in [-0.39, 0.29) is 5.54 Å². The Balaban J connectivity index is 1.94. The molecule has 0 heterocycles. The number of unbranched alkanes of at least 4 members (excludes halogenated alkanes) is 38. The molecule has 0 spiro atoms. The topological polar surface area (TPSA) is 26.0 Å². The van der Waals surface area contributed by atoms with Crippen molar-refractivity contribution in [3.05, 3.63) is 35.4 Å². The molecule has 0 fully saturated rings. The van der Waals surface area contributed by atoms with Gasteiger partial charge in [0.25, 0.3) is 0 Å². The molecule has 0 aliphatic rings. The van der Waals surface area contributed by atoms with E-state index in [0.29, 0.717) is 0 Å². The monoisotopic (exact) mass is 738 g/mol. The van der Waals surface area contributed by atoms with Gasteiger partial charge >= 0.3 is 0 Å². The molecule has 1 atom stereocenters. The molecule has 53 heavy (non-hydrogen) atoms. The van der Waals surface area contributed by atoms with Crippen LogP contribution in [0.3, 0.4) is 0 Å². The molecule has 312 valence electrons. The normalized spacial score (nSPS) is 12.8. The summed E-state index contributed by atoms with van der Waals surface area (Å²) in [5.41, 5.74) is 9.72. The molecule has 1 rings (SSSR count). The van der Waals surface area contributed by atoms with Gasteiger partial charge in [-0.1, -0.05) is 289 Å². The lowest BCUT2D eigenvalue weighted by molar-refractivity contribution is 0.416. The van der Waals surface area contributed by atoms with Crippen LogP contribution in [0, 0.1) is 0 Å². The van der Waals surface area contributed by atoms with Crippen molar-refractivity contribution in [2.24, 2.45) is 5.73 Å². The average molecular weight is 738 g/mol. The summed E-state index contributed by atoms with van der Waals surface area (Å²) >= 11 is 0. The SMILES string of the molecule is CCCCCCCCCCCCCCCCCCCCCCc1ccccc1C(C)(N)CCCCCCCCCCCCCCCCCCCCCC. The Hall–Kier alpha value is -0.820. The maximum absolute atomic E-state index is 7.00. The molecule has 0 aliphatic heterocycles. The second-order valence-electron chi connectivity index (χ2n) is 18.0. The average Bonchev–Trinajstić information content (AvgIpc) is 3.16. The molecule has 0 aromatic heterocycles. The molecular formula is C52H99N. The summed E-state index contributed by atoms with van der Waals surface area (Å²) in [7, 11) is 0. The second-order valence-corrected chi connectivity index (χ2v) is 18.0. The van der Waals surface area contributed by atoms with Crippen LogP contribution in [0.1, 0.15) is 295 Å². The van der Waals surface area contributed by atoms with Crippen LogP contribution in [-0.2, 0) is 12.0 Å². The minimum Gasteiger partial charge on any atom is -0.322 e. The Morgan fingerprint density at radius 2 is 0.585 bits per heavy atom. The van der Waals surface area contributed by atoms with Crippen molar-refractivity contribution >= 4 is 0 Å². The van der Waals surface area contributed by atoms with Gasteiger partial charge in [0.05, 0.1) is 0 Å². The predicted octanol–water partition coefficient (Wildman–Crippen LogP) is 18.4. The van der Waals surface area contributed by atoms with Crippen molar-refractivity contribution in [1.29, 1.82) is 0 Å². The zero-order valence-corrected chi connectivity index (χ0v) is 37.1. The van der Waals surface area contributed by atoms with Crippen LogP contribution >= 0.6 is 0 Å². The third kappa shape index (κ3) is 33.1. The summed E-state index contributed by atoms with van der Waals surface area (Å²) in [5, 5.41) is 0. The molecule has 0 aliphatic carbocycles. The second kappa shape index (κ2) is 39.4. The third-order valence-electron chi connectivity index (χ3n) is 12.5. The first-order valence-electron chi connectivity index (χ1n) is 25.0. The standard InChI is InChI=1S/C52H99N/c1-4-6-8-10-12-14-16-18-20-22-24-26-28-30-32-34-36-38-40-42-46-50-47-43-44-48-51(50)52(3,53)49-45-41-39-37-35-33-31-29-27-25-23-21-19-17-15-13-11-9-7-5-2/h43-44,47-48H,4-42,45-46,49,53H2,1-3H3. The molecule has 2 N–H and O–H groups in total. The fraction of sp³-hybridized carbons (Fsp3) is 0.885. The van der Waals surface area contributed by atoms with Gasteiger partial charge in [-0.05, 0) is 37.3 Å². The van der Waals surface area contributed by atoms with Gasteiger partial charge in [-0.2, -0.15) is 0 Å². The summed E-state index contributed by atoms with van der Waals surface area (Å²) in [6, 6.07) is 9.11. The lowest BCUT2D eigenvalue weighted by atomic mass is 9.83. The molecule has 1 unspecified atom stereocenters. The van der Waals surface area contributed by atoms with Crippen LogP contribution in [0.2, 0.25) is 0 Å². The van der Waals surface area contributed by atoms with Crippen LogP contribution < -0.4 is 5.73 Å². The summed E-state index contributed by atoms with van der Waals surface area (Å²) < 4.78 is 0. The van der Waals surface area contributed by atoms with E-state index in [0.717, 1.165) is 6.42 Å². The quantitative estimate of drug-likeness (QED) is 0.0664. The maximum Gasteiger partial charge on any atom is 0.0383 e. The molecule has 0 radical (unpaired) electrons. The Morgan fingerprint density at radius 1 is 0.340 bits per heavy atom. The van der Waals surface area contributed by atoms with E-state index in [1.54, 1.807) is 0 Å². The number of aryl methyl sites for hydroxylation is 1. The Labute approximate surface area is 336 Å². The molecule has 1 aromatic rings. The van der Waals surface area contributed by atoms with Crippen molar-refractivity contribution in [2.45, 2.75) is 296 Å². The van der Waals surface area contributed by atoms with Crippen molar-refractivity contribution < 1.29 is 0 Å². The third-order valence-corrected chi connectivity index (χ3v) is 12.5. The minimum atomic E-state index is -0.196. The number of hydrogen-bond donors (Lipinski definition) is 1. The van der Waals surface area contributed by atoms with Gasteiger partial charge in [0, 0.05) is 5.54 Å². The first kappa shape index (κ1) is 50.2. The lowest BCUT2D eigenvalue weighted by Crippen LogP contribution is -2.34. The van der Waals surface area contributed by atoms with E-state index in [2.05, 4.69) is 45.0 Å². The smallest absolute Gasteiger partial charge is 0.0383 e. The van der Waals surface area contributed by atoms with Gasteiger partial charge in [0.2, 0.25) is 0 Å². The van der Waals surface area contributed by atoms with Gasteiger partial charge in [0.1, 0.15) is 0 Å². The van der Waals surface area contributed by atoms with Crippen LogP contribution in [0.4, 0.5) is 0 Å². The van der Waals surface area contributed by atoms with E-state index in [1.807, 2.05) is 0 Å². The molecule has 0 saturated carbocycles. The van der Waals surface area contributed by atoms with Gasteiger partial charge in [-0.15, -0.1) is 0 Å². The van der Waals surface area contributed by atoms with Crippen LogP contribution in [0.15, 0.2) is 24.3 Å². The number of nitrogens with two attached hydrogens (primary N) is 1. The zero-order chi connectivity index (χ0) is 38.2. The maximum atomic E-state index is 7.00. The predicted molar refractivity (Wildman–Crippen MR) is 242 cm³/mol. The minimum absolute atomic E-state index is 0.196. The Bertz CT molecular complexity index is 841. The largest absolute Gasteiger partial charge is 0.322 e. The summed E-state index contributed by atoms with van der Waals surface area (Å²) in [6.45, 7) is 6.91. The molecule has 0 bridgehead atoms. The molecule has 1 aromatic carbocycles. The van der Waals surface area contributed by atoms with Crippen molar-refractivity contribution in [3.8, 4) is 0 Å². The summed E-state index contributed by atoms with van der Waals surface area (Å²) in [5.74, 6) is 0. The van der Waals surface area contributed by atoms with E-state index >= 15 is 0 Å². The van der Waals surface area contributed by atoms with Crippen LogP contribution in [0.5, 0.6) is 0 Å². The fourth-order valence-corrected chi connectivity index (χ4v) is 8.75. The van der Waals surface area contributed by atoms with Crippen molar-refractivity contribution in [3.63, 3.8) is 0 Å². The van der Waals surface area contributed by atoms with Crippen LogP contribution in [0.25, 0.3) is 0 Å². The summed E-state index contributed by atoms with van der Waals surface area (Å²) in [6.07, 6.45) is 59.8. The van der Waals surface area contributed by atoms with Gasteiger partial charge in [0.15, 0.2) is 0 Å². The highest BCUT2D eigenvalue weighted by Gasteiger charge is 2.23. The first-order valence-corrected chi connectivity index (χ1v) is 25.0. The number of rotatable bonds is 43. The van der Waals surface area contributed by atoms with E-state index in [9.17, 15) is 0 Å². The molecule has 0 saturated heterocycles. The van der Waals surface area contributed by atoms with Crippen molar-refractivity contribution in [2.75, 3.05) is 0 Å². The highest BCUT2D eigenvalue weighted by molar-refractivity contribution is 5.33. The van der Waals surface area contributed by atoms with Crippen LogP contribution in [-0.4, -0.2) is 0 Å². The zero-order valence-electron chi connectivity index (χ0n) is 37.1. The van der Waals surface area contributed by atoms with Gasteiger partial charge < -0.3 is 5.73 Å². The summed E-state index contributed by atoms with van der Waals surface area (Å²) in [4.78, 5) is 0. The highest BCUT2D eigenvalue weighted by Crippen LogP contribution is 2.29. The molecule has 1 heteroatoms. The first-order chi connectivity index (χ1) is 26.1. The Morgan fingerprint density at radius 3 is 0.887 bits per heavy atom. The van der Waals surface area contributed by atoms with Crippen molar-refractivity contribution in [1.82, 2.24) is 0 Å². The van der Waals surface area contributed by atoms with Gasteiger partial charge in [-0.3, -0.25) is 0 Å². The fourth-order valence-electron chi connectivity index (χ4n) is 8.75. The molecule has 1 nitrogen and oxygen atoms in total. The van der Waals surface area contributed by atoms with Gasteiger partial charge in [-0.25, -0.2) is 0 Å². The lowest BCUT2D eigenvalue weighted by Gasteiger charge is -2.28. The van der Waals surface area contributed by atoms with E-state index in [1.165, 1.54) is 274 Å². The van der Waals surface area contributed by atoms with E-state index in [4.69, 9.17) is 5.73 Å².